The van der Waals surface area contributed by atoms with Crippen LogP contribution in [0.3, 0.4) is 0 Å². The van der Waals surface area contributed by atoms with Crippen molar-refractivity contribution in [2.75, 3.05) is 5.33 Å². The van der Waals surface area contributed by atoms with Crippen molar-refractivity contribution in [1.82, 2.24) is 0 Å². The largest absolute Gasteiger partial charge is 0.300 e. The molecule has 0 rings (SSSR count). The molecule has 0 aliphatic carbocycles. The van der Waals surface area contributed by atoms with Crippen LogP contribution in [-0.2, 0) is 4.79 Å². The quantitative estimate of drug-likeness (QED) is 0.463. The van der Waals surface area contributed by atoms with E-state index in [0.29, 0.717) is 5.78 Å². The fraction of sp³-hybridized carbons (Fsp3) is 0.900. The molecule has 0 bridgehead atoms. The second-order valence-corrected chi connectivity index (χ2v) is 4.06. The first-order valence-corrected chi connectivity index (χ1v) is 5.95. The average Bonchev–Trinajstić information content (AvgIpc) is 2.02. The number of hydrogen-bond donors (Lipinski definition) is 0. The van der Waals surface area contributed by atoms with Crippen molar-refractivity contribution in [2.45, 2.75) is 51.9 Å². The minimum Gasteiger partial charge on any atom is -0.300 e. The van der Waals surface area contributed by atoms with Crippen molar-refractivity contribution in [3.8, 4) is 0 Å². The van der Waals surface area contributed by atoms with Gasteiger partial charge in [-0.15, -0.1) is 0 Å². The van der Waals surface area contributed by atoms with Gasteiger partial charge >= 0.3 is 0 Å². The Labute approximate surface area is 84.1 Å². The molecule has 0 aliphatic rings. The van der Waals surface area contributed by atoms with Crippen molar-refractivity contribution in [3.63, 3.8) is 0 Å². The van der Waals surface area contributed by atoms with Crippen LogP contribution in [0.15, 0.2) is 0 Å². The molecule has 0 radical (unpaired) electrons. The molecule has 72 valence electrons. The SMILES string of the molecule is CC(=O)CCCCCCCCBr. The molecule has 0 amide bonds. The molecule has 0 heterocycles. The summed E-state index contributed by atoms with van der Waals surface area (Å²) < 4.78 is 0. The van der Waals surface area contributed by atoms with Crippen molar-refractivity contribution in [3.05, 3.63) is 0 Å². The maximum atomic E-state index is 10.6. The lowest BCUT2D eigenvalue weighted by atomic mass is 10.1. The molecule has 0 fully saturated rings. The molecule has 0 aromatic carbocycles. The van der Waals surface area contributed by atoms with Gasteiger partial charge in [-0.1, -0.05) is 41.6 Å². The van der Waals surface area contributed by atoms with Crippen LogP contribution >= 0.6 is 15.9 Å². The van der Waals surface area contributed by atoms with Crippen LogP contribution in [-0.4, -0.2) is 11.1 Å². The van der Waals surface area contributed by atoms with E-state index in [4.69, 9.17) is 0 Å². The highest BCUT2D eigenvalue weighted by molar-refractivity contribution is 9.09. The first kappa shape index (κ1) is 12.2. The van der Waals surface area contributed by atoms with Crippen LogP contribution < -0.4 is 0 Å². The highest BCUT2D eigenvalue weighted by Gasteiger charge is 1.93. The molecule has 0 spiro atoms. The average molecular weight is 235 g/mol. The number of carbonyl (C=O) groups is 1. The lowest BCUT2D eigenvalue weighted by Crippen LogP contribution is -1.89. The lowest BCUT2D eigenvalue weighted by molar-refractivity contribution is -0.117. The van der Waals surface area contributed by atoms with Crippen LogP contribution in [0.1, 0.15) is 51.9 Å². The van der Waals surface area contributed by atoms with Gasteiger partial charge in [0.1, 0.15) is 5.78 Å². The maximum absolute atomic E-state index is 10.6. The van der Waals surface area contributed by atoms with Crippen molar-refractivity contribution in [1.29, 1.82) is 0 Å². The normalized spacial score (nSPS) is 10.2. The summed E-state index contributed by atoms with van der Waals surface area (Å²) in [5, 5.41) is 1.13. The fourth-order valence-corrected chi connectivity index (χ4v) is 1.57. The van der Waals surface area contributed by atoms with Gasteiger partial charge in [-0.25, -0.2) is 0 Å². The van der Waals surface area contributed by atoms with Gasteiger partial charge in [0.05, 0.1) is 0 Å². The fourth-order valence-electron chi connectivity index (χ4n) is 1.18. The third-order valence-electron chi connectivity index (χ3n) is 1.91. The Hall–Kier alpha value is 0.150. The molecule has 1 nitrogen and oxygen atoms in total. The molecular formula is C10H19BrO. The van der Waals surface area contributed by atoms with Gasteiger partial charge in [-0.05, 0) is 19.8 Å². The summed E-state index contributed by atoms with van der Waals surface area (Å²) in [7, 11) is 0. The predicted octanol–water partition coefficient (Wildman–Crippen LogP) is 3.70. The Morgan fingerprint density at radius 2 is 1.50 bits per heavy atom. The molecule has 0 aliphatic heterocycles. The Morgan fingerprint density at radius 1 is 1.00 bits per heavy atom. The van der Waals surface area contributed by atoms with Crippen LogP contribution in [0.25, 0.3) is 0 Å². The van der Waals surface area contributed by atoms with Gasteiger partial charge in [0.2, 0.25) is 0 Å². The van der Waals surface area contributed by atoms with Crippen molar-refractivity contribution < 1.29 is 4.79 Å². The number of Topliss-reactive ketones (excluding diaryl/α,β-unsaturated/α-hetero) is 1. The Morgan fingerprint density at radius 3 is 2.00 bits per heavy atom. The van der Waals surface area contributed by atoms with E-state index in [0.717, 1.165) is 18.2 Å². The second kappa shape index (κ2) is 9.24. The Kier molecular flexibility index (Phi) is 9.36. The van der Waals surface area contributed by atoms with E-state index in [9.17, 15) is 4.79 Å². The van der Waals surface area contributed by atoms with E-state index in [-0.39, 0.29) is 0 Å². The zero-order valence-electron chi connectivity index (χ0n) is 7.94. The second-order valence-electron chi connectivity index (χ2n) is 3.26. The molecule has 0 saturated heterocycles. The van der Waals surface area contributed by atoms with Crippen molar-refractivity contribution in [2.24, 2.45) is 0 Å². The van der Waals surface area contributed by atoms with E-state index in [1.807, 2.05) is 0 Å². The number of halogens is 1. The van der Waals surface area contributed by atoms with Gasteiger partial charge < -0.3 is 4.79 Å². The third-order valence-corrected chi connectivity index (χ3v) is 2.47. The predicted molar refractivity (Wildman–Crippen MR) is 56.8 cm³/mol. The topological polar surface area (TPSA) is 17.1 Å². The minimum absolute atomic E-state index is 0.329. The zero-order valence-corrected chi connectivity index (χ0v) is 9.53. The number of ketones is 1. The standard InChI is InChI=1S/C10H19BrO/c1-10(12)8-6-4-2-3-5-7-9-11/h2-9H2,1H3. The molecule has 0 atom stereocenters. The first-order chi connectivity index (χ1) is 5.77. The molecule has 0 aromatic rings. The summed E-state index contributed by atoms with van der Waals surface area (Å²) in [5.74, 6) is 0.329. The Balaban J connectivity index is 2.86. The lowest BCUT2D eigenvalue weighted by Gasteiger charge is -1.98. The van der Waals surface area contributed by atoms with E-state index < -0.39 is 0 Å². The molecule has 2 heteroatoms. The summed E-state index contributed by atoms with van der Waals surface area (Å²) in [4.78, 5) is 10.6. The number of unbranched alkanes of at least 4 members (excludes halogenated alkanes) is 5. The Bertz CT molecular complexity index is 112. The summed E-state index contributed by atoms with van der Waals surface area (Å²) >= 11 is 3.41. The number of alkyl halides is 1. The molecule has 12 heavy (non-hydrogen) atoms. The van der Waals surface area contributed by atoms with Gasteiger partial charge in [0.25, 0.3) is 0 Å². The number of rotatable bonds is 8. The smallest absolute Gasteiger partial charge is 0.129 e. The van der Waals surface area contributed by atoms with Crippen LogP contribution in [0, 0.1) is 0 Å². The molecule has 0 aromatic heterocycles. The first-order valence-electron chi connectivity index (χ1n) is 4.82. The monoisotopic (exact) mass is 234 g/mol. The van der Waals surface area contributed by atoms with E-state index >= 15 is 0 Å². The summed E-state index contributed by atoms with van der Waals surface area (Å²) in [6.45, 7) is 1.67. The van der Waals surface area contributed by atoms with E-state index in [1.54, 1.807) is 6.92 Å². The van der Waals surface area contributed by atoms with Crippen LogP contribution in [0.5, 0.6) is 0 Å². The molecule has 0 unspecified atom stereocenters. The number of carbonyl (C=O) groups excluding carboxylic acids is 1. The van der Waals surface area contributed by atoms with E-state index in [2.05, 4.69) is 15.9 Å². The molecular weight excluding hydrogens is 216 g/mol. The summed E-state index contributed by atoms with van der Waals surface area (Å²) in [5.41, 5.74) is 0. The van der Waals surface area contributed by atoms with Gasteiger partial charge in [-0.3, -0.25) is 0 Å². The van der Waals surface area contributed by atoms with Gasteiger partial charge in [0, 0.05) is 11.8 Å². The van der Waals surface area contributed by atoms with Gasteiger partial charge in [-0.2, -0.15) is 0 Å². The van der Waals surface area contributed by atoms with E-state index in [1.165, 1.54) is 32.1 Å². The highest BCUT2D eigenvalue weighted by Crippen LogP contribution is 2.07. The minimum atomic E-state index is 0.329. The van der Waals surface area contributed by atoms with Gasteiger partial charge in [0.15, 0.2) is 0 Å². The summed E-state index contributed by atoms with van der Waals surface area (Å²) in [6, 6.07) is 0. The van der Waals surface area contributed by atoms with Crippen LogP contribution in [0.4, 0.5) is 0 Å². The maximum Gasteiger partial charge on any atom is 0.129 e. The number of hydrogen-bond acceptors (Lipinski definition) is 1. The van der Waals surface area contributed by atoms with Crippen LogP contribution in [0.2, 0.25) is 0 Å². The zero-order chi connectivity index (χ0) is 9.23. The highest BCUT2D eigenvalue weighted by atomic mass is 79.9. The third kappa shape index (κ3) is 10.2. The molecule has 0 saturated carbocycles. The van der Waals surface area contributed by atoms with Crippen molar-refractivity contribution >= 4 is 21.7 Å². The summed E-state index contributed by atoms with van der Waals surface area (Å²) in [6.07, 6.45) is 8.31. The molecule has 0 N–H and O–H groups in total.